The van der Waals surface area contributed by atoms with Crippen molar-refractivity contribution in [3.63, 3.8) is 0 Å². The number of fused-ring (bicyclic) bond motifs is 11. The van der Waals surface area contributed by atoms with Gasteiger partial charge in [-0.05, 0) is 101 Å². The highest BCUT2D eigenvalue weighted by Gasteiger charge is 2.26. The van der Waals surface area contributed by atoms with Gasteiger partial charge in [-0.1, -0.05) is 152 Å². The van der Waals surface area contributed by atoms with Crippen LogP contribution in [0, 0.1) is 0 Å². The van der Waals surface area contributed by atoms with Crippen molar-refractivity contribution in [2.45, 2.75) is 0 Å². The Kier molecular flexibility index (Phi) is 8.79. The molecule has 5 aromatic heterocycles. The van der Waals surface area contributed by atoms with Crippen LogP contribution in [0.2, 0.25) is 0 Å². The van der Waals surface area contributed by atoms with Crippen molar-refractivity contribution in [2.75, 3.05) is 0 Å². The highest BCUT2D eigenvalue weighted by Crippen LogP contribution is 2.47. The molecular formula is C64H40N8. The van der Waals surface area contributed by atoms with E-state index in [1.807, 2.05) is 33.9 Å². The van der Waals surface area contributed by atoms with Crippen LogP contribution in [0.15, 0.2) is 243 Å². The molecule has 0 radical (unpaired) electrons. The molecule has 15 rings (SSSR count). The average molecular weight is 921 g/mol. The van der Waals surface area contributed by atoms with E-state index in [0.717, 1.165) is 116 Å². The molecule has 0 saturated carbocycles. The van der Waals surface area contributed by atoms with Gasteiger partial charge >= 0.3 is 0 Å². The lowest BCUT2D eigenvalue weighted by Crippen LogP contribution is -2.04. The van der Waals surface area contributed by atoms with Crippen molar-refractivity contribution >= 4 is 76.3 Å². The molecular weight excluding hydrogens is 881 g/mol. The van der Waals surface area contributed by atoms with Gasteiger partial charge in [-0.3, -0.25) is 4.57 Å². The summed E-state index contributed by atoms with van der Waals surface area (Å²) < 4.78 is 8.75. The van der Waals surface area contributed by atoms with Crippen LogP contribution in [-0.4, -0.2) is 38.7 Å². The number of nitrogens with zero attached hydrogens (tertiary/aromatic N) is 8. The molecule has 0 atom stereocenters. The zero-order chi connectivity index (χ0) is 47.3. The van der Waals surface area contributed by atoms with Gasteiger partial charge in [0.1, 0.15) is 0 Å². The molecule has 0 bridgehead atoms. The maximum atomic E-state index is 5.58. The summed E-state index contributed by atoms with van der Waals surface area (Å²) in [5.41, 5.74) is 16.7. The van der Waals surface area contributed by atoms with Gasteiger partial charge in [-0.2, -0.15) is 10.2 Å². The van der Waals surface area contributed by atoms with Crippen LogP contribution >= 0.6 is 0 Å². The Morgan fingerprint density at radius 1 is 0.292 bits per heavy atom. The Bertz CT molecular complexity index is 4590. The van der Waals surface area contributed by atoms with Gasteiger partial charge in [0.25, 0.3) is 0 Å². The van der Waals surface area contributed by atoms with E-state index >= 15 is 0 Å². The third-order valence-electron chi connectivity index (χ3n) is 14.4. The second-order valence-electron chi connectivity index (χ2n) is 18.3. The van der Waals surface area contributed by atoms with Gasteiger partial charge < -0.3 is 4.57 Å². The monoisotopic (exact) mass is 920 g/mol. The maximum absolute atomic E-state index is 5.58. The number of aromatic nitrogens is 8. The maximum Gasteiger partial charge on any atom is 0.235 e. The van der Waals surface area contributed by atoms with E-state index < -0.39 is 0 Å². The van der Waals surface area contributed by atoms with Crippen molar-refractivity contribution < 1.29 is 0 Å². The van der Waals surface area contributed by atoms with Crippen LogP contribution < -0.4 is 0 Å². The standard InChI is InChI=1S/C64H40N8/c1-5-17-41(18-6-1)42-31-33-43(34-32-42)61-49-25-13-14-28-54(49)67-64(68-61)70-58-30-16-27-48(60(58)51-36-38-56-53(63(51)70)40-66-72(56)46-23-11-4-12-24-46)47-26-15-29-57-59(47)50-35-37-55-52(39-65-71(55)45-21-9-3-10-22-45)62(50)69(57)44-19-7-2-8-20-44/h1-40H. The smallest absolute Gasteiger partial charge is 0.235 e. The Morgan fingerprint density at radius 3 is 1.35 bits per heavy atom. The average Bonchev–Trinajstić information content (AvgIpc) is 4.25. The number of hydrogen-bond donors (Lipinski definition) is 0. The summed E-state index contributed by atoms with van der Waals surface area (Å²) in [7, 11) is 0. The topological polar surface area (TPSA) is 71.3 Å². The number of benzene rings is 10. The van der Waals surface area contributed by atoms with Crippen LogP contribution in [0.3, 0.4) is 0 Å². The van der Waals surface area contributed by atoms with Gasteiger partial charge in [-0.25, -0.2) is 19.3 Å². The summed E-state index contributed by atoms with van der Waals surface area (Å²) in [6.45, 7) is 0. The molecule has 15 aromatic rings. The fourth-order valence-corrected chi connectivity index (χ4v) is 11.2. The quantitative estimate of drug-likeness (QED) is 0.160. The minimum Gasteiger partial charge on any atom is -0.308 e. The van der Waals surface area contributed by atoms with Crippen LogP contribution in [0.1, 0.15) is 0 Å². The molecule has 8 heteroatoms. The first-order valence-electron chi connectivity index (χ1n) is 24.2. The number of rotatable bonds is 7. The van der Waals surface area contributed by atoms with Crippen molar-refractivity contribution in [2.24, 2.45) is 0 Å². The minimum atomic E-state index is 0.588. The molecule has 0 aliphatic heterocycles. The predicted molar refractivity (Wildman–Crippen MR) is 294 cm³/mol. The van der Waals surface area contributed by atoms with Crippen molar-refractivity contribution in [1.29, 1.82) is 0 Å². The molecule has 0 saturated heterocycles. The molecule has 0 aliphatic rings. The Morgan fingerprint density at radius 2 is 0.764 bits per heavy atom. The second kappa shape index (κ2) is 15.8. The van der Waals surface area contributed by atoms with Crippen LogP contribution in [0.5, 0.6) is 0 Å². The van der Waals surface area contributed by atoms with Crippen LogP contribution in [0.4, 0.5) is 0 Å². The lowest BCUT2D eigenvalue weighted by molar-refractivity contribution is 0.911. The lowest BCUT2D eigenvalue weighted by atomic mass is 9.95. The Hall–Kier alpha value is -9.92. The Labute approximate surface area is 412 Å². The highest BCUT2D eigenvalue weighted by molar-refractivity contribution is 6.27. The second-order valence-corrected chi connectivity index (χ2v) is 18.3. The van der Waals surface area contributed by atoms with Gasteiger partial charge in [-0.15, -0.1) is 0 Å². The third-order valence-corrected chi connectivity index (χ3v) is 14.4. The van der Waals surface area contributed by atoms with Crippen LogP contribution in [-0.2, 0) is 0 Å². The first-order valence-corrected chi connectivity index (χ1v) is 24.2. The molecule has 0 N–H and O–H groups in total. The molecule has 8 nitrogen and oxygen atoms in total. The van der Waals surface area contributed by atoms with E-state index in [2.05, 4.69) is 228 Å². The summed E-state index contributed by atoms with van der Waals surface area (Å²) in [5, 5.41) is 17.6. The van der Waals surface area contributed by atoms with E-state index in [1.165, 1.54) is 10.9 Å². The molecule has 0 aliphatic carbocycles. The van der Waals surface area contributed by atoms with Gasteiger partial charge in [0.05, 0.1) is 68.1 Å². The molecule has 0 fully saturated rings. The van der Waals surface area contributed by atoms with Gasteiger partial charge in [0.15, 0.2) is 0 Å². The largest absolute Gasteiger partial charge is 0.308 e. The summed E-state index contributed by atoms with van der Waals surface area (Å²) >= 11 is 0. The van der Waals surface area contributed by atoms with E-state index in [1.54, 1.807) is 0 Å². The predicted octanol–water partition coefficient (Wildman–Crippen LogP) is 15.5. The van der Waals surface area contributed by atoms with Crippen LogP contribution in [0.25, 0.3) is 133 Å². The van der Waals surface area contributed by atoms with Gasteiger partial charge in [0.2, 0.25) is 5.95 Å². The van der Waals surface area contributed by atoms with E-state index in [0.29, 0.717) is 5.95 Å². The summed E-state index contributed by atoms with van der Waals surface area (Å²) in [5.74, 6) is 0.588. The summed E-state index contributed by atoms with van der Waals surface area (Å²) in [6, 6.07) is 81.3. The molecule has 5 heterocycles. The van der Waals surface area contributed by atoms with Gasteiger partial charge in [0, 0.05) is 49.0 Å². The zero-order valence-corrected chi connectivity index (χ0v) is 38.7. The molecule has 0 spiro atoms. The highest BCUT2D eigenvalue weighted by atomic mass is 15.3. The minimum absolute atomic E-state index is 0.588. The zero-order valence-electron chi connectivity index (χ0n) is 38.7. The van der Waals surface area contributed by atoms with E-state index in [9.17, 15) is 0 Å². The fourth-order valence-electron chi connectivity index (χ4n) is 11.2. The fraction of sp³-hybridized carbons (Fsp3) is 0. The molecule has 0 unspecified atom stereocenters. The molecule has 72 heavy (non-hydrogen) atoms. The lowest BCUT2D eigenvalue weighted by Gasteiger charge is -2.13. The van der Waals surface area contributed by atoms with Crippen molar-refractivity contribution in [3.05, 3.63) is 243 Å². The molecule has 0 amide bonds. The van der Waals surface area contributed by atoms with E-state index in [4.69, 9.17) is 20.2 Å². The summed E-state index contributed by atoms with van der Waals surface area (Å²) in [6.07, 6.45) is 4.02. The molecule has 336 valence electrons. The number of hydrogen-bond acceptors (Lipinski definition) is 4. The third kappa shape index (κ3) is 5.99. The first kappa shape index (κ1) is 40.0. The normalized spacial score (nSPS) is 11.9. The SMILES string of the molecule is c1ccc(-c2ccc(-c3nc(-n4c5cccc(-c6cccc7c6c6ccc8c(cnn8-c8ccccc8)c6n7-c6ccccc6)c5c5ccc6c(cnn6-c6ccccc6)c54)nc4ccccc34)cc2)cc1. The Balaban J connectivity index is 1.03. The summed E-state index contributed by atoms with van der Waals surface area (Å²) in [4.78, 5) is 11.0. The first-order chi connectivity index (χ1) is 35.7. The van der Waals surface area contributed by atoms with Crippen molar-refractivity contribution in [3.8, 4) is 56.5 Å². The number of para-hydroxylation sites is 4. The van der Waals surface area contributed by atoms with Crippen molar-refractivity contribution in [1.82, 2.24) is 38.7 Å². The van der Waals surface area contributed by atoms with E-state index in [-0.39, 0.29) is 0 Å². The molecule has 10 aromatic carbocycles.